The maximum Gasteiger partial charge on any atom is 0.0121 e. The largest absolute Gasteiger partial charge is 0.314 e. The summed E-state index contributed by atoms with van der Waals surface area (Å²) in [5.74, 6) is 0.903. The molecule has 0 amide bonds. The zero-order valence-corrected chi connectivity index (χ0v) is 12.9. The van der Waals surface area contributed by atoms with Crippen LogP contribution in [0.1, 0.15) is 71.6 Å². The van der Waals surface area contributed by atoms with Crippen molar-refractivity contribution >= 4 is 0 Å². The fourth-order valence-corrected chi connectivity index (χ4v) is 4.82. The second-order valence-corrected chi connectivity index (χ2v) is 7.86. The van der Waals surface area contributed by atoms with Crippen molar-refractivity contribution in [1.82, 2.24) is 10.6 Å². The molecular weight excluding hydrogens is 232 g/mol. The summed E-state index contributed by atoms with van der Waals surface area (Å²) in [5, 5.41) is 7.84. The van der Waals surface area contributed by atoms with E-state index in [0.29, 0.717) is 5.41 Å². The van der Waals surface area contributed by atoms with Crippen LogP contribution < -0.4 is 10.6 Å². The Hall–Kier alpha value is -0.0800. The molecule has 2 saturated carbocycles. The third-order valence-corrected chi connectivity index (χ3v) is 6.11. The van der Waals surface area contributed by atoms with E-state index in [1.807, 2.05) is 0 Å². The van der Waals surface area contributed by atoms with E-state index in [1.54, 1.807) is 0 Å². The van der Waals surface area contributed by atoms with Crippen LogP contribution in [0.4, 0.5) is 0 Å². The Balaban J connectivity index is 1.61. The lowest BCUT2D eigenvalue weighted by molar-refractivity contribution is 0.142. The number of nitrogens with one attached hydrogen (secondary N) is 2. The summed E-state index contributed by atoms with van der Waals surface area (Å²) in [6.45, 7) is 6.20. The normalized spacial score (nSPS) is 42.6. The molecule has 3 rings (SSSR count). The Morgan fingerprint density at radius 3 is 2.58 bits per heavy atom. The average Bonchev–Trinajstić information content (AvgIpc) is 3.01. The Kier molecular flexibility index (Phi) is 4.19. The lowest BCUT2D eigenvalue weighted by Gasteiger charge is -2.42. The van der Waals surface area contributed by atoms with Crippen LogP contribution in [-0.2, 0) is 0 Å². The van der Waals surface area contributed by atoms with Gasteiger partial charge in [-0.05, 0) is 56.4 Å². The molecule has 19 heavy (non-hydrogen) atoms. The lowest BCUT2D eigenvalue weighted by atomic mass is 9.72. The van der Waals surface area contributed by atoms with Gasteiger partial charge in [0.2, 0.25) is 0 Å². The van der Waals surface area contributed by atoms with E-state index in [4.69, 9.17) is 0 Å². The highest BCUT2D eigenvalue weighted by atomic mass is 15.0. The van der Waals surface area contributed by atoms with Gasteiger partial charge in [-0.2, -0.15) is 0 Å². The van der Waals surface area contributed by atoms with Crippen LogP contribution in [0.25, 0.3) is 0 Å². The first-order chi connectivity index (χ1) is 9.17. The molecule has 2 aliphatic carbocycles. The predicted molar refractivity (Wildman–Crippen MR) is 81.3 cm³/mol. The fourth-order valence-electron chi connectivity index (χ4n) is 4.82. The summed E-state index contributed by atoms with van der Waals surface area (Å²) in [6.07, 6.45) is 12.8. The molecule has 1 saturated heterocycles. The van der Waals surface area contributed by atoms with Crippen molar-refractivity contribution in [2.75, 3.05) is 6.54 Å². The highest BCUT2D eigenvalue weighted by molar-refractivity contribution is 4.97. The van der Waals surface area contributed by atoms with Crippen molar-refractivity contribution in [3.8, 4) is 0 Å². The number of hydrogen-bond acceptors (Lipinski definition) is 2. The summed E-state index contributed by atoms with van der Waals surface area (Å²) in [6, 6.07) is 2.36. The lowest BCUT2D eigenvalue weighted by Crippen LogP contribution is -2.52. The van der Waals surface area contributed by atoms with Gasteiger partial charge < -0.3 is 10.6 Å². The third-order valence-electron chi connectivity index (χ3n) is 6.11. The maximum absolute atomic E-state index is 4.10. The molecule has 0 spiro atoms. The molecular formula is C17H32N2. The van der Waals surface area contributed by atoms with Gasteiger partial charge in [0.05, 0.1) is 0 Å². The van der Waals surface area contributed by atoms with Gasteiger partial charge in [-0.1, -0.05) is 33.1 Å². The van der Waals surface area contributed by atoms with Crippen LogP contribution in [0.2, 0.25) is 0 Å². The van der Waals surface area contributed by atoms with Crippen LogP contribution in [0, 0.1) is 11.3 Å². The molecule has 3 aliphatic rings. The van der Waals surface area contributed by atoms with E-state index in [2.05, 4.69) is 24.5 Å². The SMILES string of the molecule is CC1(C)CCCCC1NC1CCCC1C1CCCN1. The van der Waals surface area contributed by atoms with Gasteiger partial charge in [-0.3, -0.25) is 0 Å². The van der Waals surface area contributed by atoms with Gasteiger partial charge in [0, 0.05) is 18.1 Å². The zero-order valence-electron chi connectivity index (χ0n) is 12.9. The van der Waals surface area contributed by atoms with E-state index in [0.717, 1.165) is 24.0 Å². The highest BCUT2D eigenvalue weighted by Crippen LogP contribution is 2.38. The molecule has 4 unspecified atom stereocenters. The van der Waals surface area contributed by atoms with Crippen LogP contribution in [0.15, 0.2) is 0 Å². The van der Waals surface area contributed by atoms with Crippen molar-refractivity contribution in [3.05, 3.63) is 0 Å². The molecule has 2 heteroatoms. The fraction of sp³-hybridized carbons (Fsp3) is 1.00. The first-order valence-electron chi connectivity index (χ1n) is 8.66. The number of hydrogen-bond donors (Lipinski definition) is 2. The maximum atomic E-state index is 4.10. The van der Waals surface area contributed by atoms with E-state index < -0.39 is 0 Å². The van der Waals surface area contributed by atoms with Gasteiger partial charge in [0.1, 0.15) is 0 Å². The van der Waals surface area contributed by atoms with E-state index >= 15 is 0 Å². The minimum absolute atomic E-state index is 0.508. The molecule has 3 fully saturated rings. The molecule has 0 bridgehead atoms. The molecule has 0 aromatic rings. The van der Waals surface area contributed by atoms with Gasteiger partial charge in [-0.25, -0.2) is 0 Å². The molecule has 0 aromatic carbocycles. The summed E-state index contributed by atoms with van der Waals surface area (Å²) in [4.78, 5) is 0. The Bertz CT molecular complexity index is 294. The predicted octanol–water partition coefficient (Wildman–Crippen LogP) is 3.47. The number of rotatable bonds is 3. The van der Waals surface area contributed by atoms with Crippen LogP contribution in [0.5, 0.6) is 0 Å². The summed E-state index contributed by atoms with van der Waals surface area (Å²) in [5.41, 5.74) is 0.508. The highest BCUT2D eigenvalue weighted by Gasteiger charge is 2.39. The summed E-state index contributed by atoms with van der Waals surface area (Å²) in [7, 11) is 0. The summed E-state index contributed by atoms with van der Waals surface area (Å²) >= 11 is 0. The molecule has 110 valence electrons. The van der Waals surface area contributed by atoms with E-state index in [-0.39, 0.29) is 0 Å². The van der Waals surface area contributed by atoms with Crippen molar-refractivity contribution < 1.29 is 0 Å². The second kappa shape index (κ2) is 5.73. The Morgan fingerprint density at radius 1 is 0.947 bits per heavy atom. The molecule has 1 heterocycles. The van der Waals surface area contributed by atoms with Crippen molar-refractivity contribution in [2.45, 2.75) is 89.8 Å². The average molecular weight is 264 g/mol. The van der Waals surface area contributed by atoms with Crippen LogP contribution in [0.3, 0.4) is 0 Å². The minimum atomic E-state index is 0.508. The van der Waals surface area contributed by atoms with E-state index in [1.165, 1.54) is 64.3 Å². The molecule has 0 aromatic heterocycles. The van der Waals surface area contributed by atoms with Gasteiger partial charge in [0.25, 0.3) is 0 Å². The molecule has 0 radical (unpaired) electrons. The van der Waals surface area contributed by atoms with E-state index in [9.17, 15) is 0 Å². The van der Waals surface area contributed by atoms with Gasteiger partial charge in [-0.15, -0.1) is 0 Å². The zero-order chi connectivity index (χ0) is 13.3. The van der Waals surface area contributed by atoms with Crippen molar-refractivity contribution in [1.29, 1.82) is 0 Å². The topological polar surface area (TPSA) is 24.1 Å². The quantitative estimate of drug-likeness (QED) is 0.815. The van der Waals surface area contributed by atoms with Crippen molar-refractivity contribution in [3.63, 3.8) is 0 Å². The van der Waals surface area contributed by atoms with Crippen LogP contribution >= 0.6 is 0 Å². The van der Waals surface area contributed by atoms with Gasteiger partial charge >= 0.3 is 0 Å². The third kappa shape index (κ3) is 3.00. The summed E-state index contributed by atoms with van der Waals surface area (Å²) < 4.78 is 0. The smallest absolute Gasteiger partial charge is 0.0121 e. The van der Waals surface area contributed by atoms with Gasteiger partial charge in [0.15, 0.2) is 0 Å². The monoisotopic (exact) mass is 264 g/mol. The standard InChI is InChI=1S/C17H32N2/c1-17(2)11-4-3-10-16(17)19-15-8-5-7-13(15)14-9-6-12-18-14/h13-16,18-19H,3-12H2,1-2H3. The Labute approximate surface area is 119 Å². The minimum Gasteiger partial charge on any atom is -0.314 e. The first kappa shape index (κ1) is 13.9. The molecule has 1 aliphatic heterocycles. The first-order valence-corrected chi connectivity index (χ1v) is 8.66. The molecule has 2 N–H and O–H groups in total. The Morgan fingerprint density at radius 2 is 1.84 bits per heavy atom. The van der Waals surface area contributed by atoms with Crippen molar-refractivity contribution in [2.24, 2.45) is 11.3 Å². The second-order valence-electron chi connectivity index (χ2n) is 7.86. The molecule has 4 atom stereocenters. The molecule has 2 nitrogen and oxygen atoms in total. The van der Waals surface area contributed by atoms with Crippen LogP contribution in [-0.4, -0.2) is 24.7 Å².